The minimum absolute atomic E-state index is 0.248. The van der Waals surface area contributed by atoms with E-state index in [0.29, 0.717) is 18.7 Å². The molecular formula is C13H21N3O2S. The number of nitrogens with zero attached hydrogens (tertiary/aromatic N) is 2. The van der Waals surface area contributed by atoms with Crippen LogP contribution in [0.4, 0.5) is 5.69 Å². The molecule has 0 bridgehead atoms. The topological polar surface area (TPSA) is 62.3 Å². The first kappa shape index (κ1) is 14.3. The van der Waals surface area contributed by atoms with Crippen molar-refractivity contribution in [2.24, 2.45) is 0 Å². The molecule has 0 amide bonds. The second-order valence-electron chi connectivity index (χ2n) is 4.78. The Hall–Kier alpha value is -1.14. The molecule has 19 heavy (non-hydrogen) atoms. The van der Waals surface area contributed by atoms with E-state index < -0.39 is 9.84 Å². The number of hydrogen-bond donors (Lipinski definition) is 1. The molecule has 6 heteroatoms. The maximum atomic E-state index is 11.6. The Morgan fingerprint density at radius 2 is 2.21 bits per heavy atom. The van der Waals surface area contributed by atoms with Crippen molar-refractivity contribution in [3.8, 4) is 0 Å². The molecule has 1 saturated heterocycles. The van der Waals surface area contributed by atoms with E-state index in [9.17, 15) is 8.42 Å². The summed E-state index contributed by atoms with van der Waals surface area (Å²) in [6, 6.07) is 3.99. The van der Waals surface area contributed by atoms with Crippen LogP contribution in [-0.2, 0) is 16.4 Å². The first-order chi connectivity index (χ1) is 9.11. The summed E-state index contributed by atoms with van der Waals surface area (Å²) >= 11 is 0. The number of anilines is 1. The third-order valence-corrected chi connectivity index (χ3v) is 4.99. The largest absolute Gasteiger partial charge is 0.370 e. The van der Waals surface area contributed by atoms with Gasteiger partial charge in [-0.05, 0) is 25.1 Å². The smallest absolute Gasteiger partial charge is 0.152 e. The summed E-state index contributed by atoms with van der Waals surface area (Å²) in [4.78, 5) is 6.46. The van der Waals surface area contributed by atoms with Gasteiger partial charge in [0.1, 0.15) is 0 Å². The number of nitrogens with one attached hydrogen (secondary N) is 1. The molecule has 2 rings (SSSR count). The Labute approximate surface area is 114 Å². The van der Waals surface area contributed by atoms with E-state index in [0.717, 1.165) is 31.0 Å². The Balaban J connectivity index is 2.08. The summed E-state index contributed by atoms with van der Waals surface area (Å²) in [6.45, 7) is 5.09. The lowest BCUT2D eigenvalue weighted by Gasteiger charge is -2.22. The highest BCUT2D eigenvalue weighted by atomic mass is 32.2. The van der Waals surface area contributed by atoms with Gasteiger partial charge < -0.3 is 10.2 Å². The lowest BCUT2D eigenvalue weighted by atomic mass is 10.2. The zero-order valence-electron chi connectivity index (χ0n) is 11.3. The van der Waals surface area contributed by atoms with Gasteiger partial charge in [-0.15, -0.1) is 0 Å². The molecule has 106 valence electrons. The minimum Gasteiger partial charge on any atom is -0.370 e. The van der Waals surface area contributed by atoms with Crippen LogP contribution in [0, 0.1) is 0 Å². The molecule has 0 radical (unpaired) electrons. The maximum Gasteiger partial charge on any atom is 0.152 e. The predicted octanol–water partition coefficient (Wildman–Crippen LogP) is 0.816. The normalized spacial score (nSPS) is 19.1. The van der Waals surface area contributed by atoms with Gasteiger partial charge in [0.25, 0.3) is 0 Å². The molecule has 1 fully saturated rings. The SMILES string of the molecule is CCNCc1cc(N2CCCS(=O)(=O)CC2)ccn1. The van der Waals surface area contributed by atoms with Gasteiger partial charge >= 0.3 is 0 Å². The van der Waals surface area contributed by atoms with Gasteiger partial charge in [-0.25, -0.2) is 8.42 Å². The van der Waals surface area contributed by atoms with Crippen molar-refractivity contribution in [1.82, 2.24) is 10.3 Å². The number of sulfone groups is 1. The molecule has 0 aromatic carbocycles. The molecule has 1 N–H and O–H groups in total. The van der Waals surface area contributed by atoms with E-state index in [-0.39, 0.29) is 5.75 Å². The Kier molecular flexibility index (Phi) is 4.76. The van der Waals surface area contributed by atoms with Crippen LogP contribution < -0.4 is 10.2 Å². The van der Waals surface area contributed by atoms with Crippen LogP contribution in [0.25, 0.3) is 0 Å². The predicted molar refractivity (Wildman–Crippen MR) is 77.1 cm³/mol. The van der Waals surface area contributed by atoms with Crippen molar-refractivity contribution in [1.29, 1.82) is 0 Å². The van der Waals surface area contributed by atoms with Crippen LogP contribution in [-0.4, -0.2) is 44.5 Å². The minimum atomic E-state index is -2.85. The lowest BCUT2D eigenvalue weighted by Crippen LogP contribution is -2.27. The Morgan fingerprint density at radius 1 is 1.37 bits per heavy atom. The summed E-state index contributed by atoms with van der Waals surface area (Å²) in [5.41, 5.74) is 2.06. The lowest BCUT2D eigenvalue weighted by molar-refractivity contribution is 0.597. The first-order valence-electron chi connectivity index (χ1n) is 6.72. The second kappa shape index (κ2) is 6.34. The molecule has 1 aliphatic heterocycles. The van der Waals surface area contributed by atoms with Gasteiger partial charge in [0.15, 0.2) is 9.84 Å². The number of aromatic nitrogens is 1. The third-order valence-electron chi connectivity index (χ3n) is 3.28. The fourth-order valence-corrected chi connectivity index (χ4v) is 3.48. The zero-order chi connectivity index (χ0) is 13.7. The molecule has 5 nitrogen and oxygen atoms in total. The van der Waals surface area contributed by atoms with Crippen LogP contribution in [0.1, 0.15) is 19.0 Å². The molecule has 1 aliphatic rings. The fraction of sp³-hybridized carbons (Fsp3) is 0.615. The summed E-state index contributed by atoms with van der Waals surface area (Å²) < 4.78 is 23.2. The second-order valence-corrected chi connectivity index (χ2v) is 7.08. The van der Waals surface area contributed by atoms with Crippen LogP contribution in [0.3, 0.4) is 0 Å². The highest BCUT2D eigenvalue weighted by Gasteiger charge is 2.19. The molecule has 0 spiro atoms. The molecule has 0 saturated carbocycles. The quantitative estimate of drug-likeness (QED) is 0.886. The highest BCUT2D eigenvalue weighted by molar-refractivity contribution is 7.91. The zero-order valence-corrected chi connectivity index (χ0v) is 12.1. The first-order valence-corrected chi connectivity index (χ1v) is 8.54. The van der Waals surface area contributed by atoms with E-state index in [1.807, 2.05) is 12.1 Å². The summed E-state index contributed by atoms with van der Waals surface area (Å²) in [5.74, 6) is 0.552. The molecular weight excluding hydrogens is 262 g/mol. The van der Waals surface area contributed by atoms with Gasteiger partial charge in [-0.3, -0.25) is 4.98 Å². The van der Waals surface area contributed by atoms with E-state index in [2.05, 4.69) is 22.1 Å². The van der Waals surface area contributed by atoms with Crippen LogP contribution in [0.15, 0.2) is 18.3 Å². The van der Waals surface area contributed by atoms with E-state index in [1.165, 1.54) is 0 Å². The van der Waals surface area contributed by atoms with Crippen LogP contribution in [0.5, 0.6) is 0 Å². The summed E-state index contributed by atoms with van der Waals surface area (Å²) in [6.07, 6.45) is 2.49. The molecule has 0 atom stereocenters. The van der Waals surface area contributed by atoms with Gasteiger partial charge in [-0.1, -0.05) is 6.92 Å². The number of rotatable bonds is 4. The molecule has 0 aliphatic carbocycles. The van der Waals surface area contributed by atoms with Crippen molar-refractivity contribution in [2.45, 2.75) is 19.9 Å². The van der Waals surface area contributed by atoms with E-state index in [1.54, 1.807) is 6.20 Å². The van der Waals surface area contributed by atoms with Crippen molar-refractivity contribution in [2.75, 3.05) is 36.0 Å². The summed E-state index contributed by atoms with van der Waals surface area (Å²) in [7, 11) is -2.85. The van der Waals surface area contributed by atoms with Crippen molar-refractivity contribution >= 4 is 15.5 Å². The average Bonchev–Trinajstić information content (AvgIpc) is 2.58. The fourth-order valence-electron chi connectivity index (χ4n) is 2.21. The maximum absolute atomic E-state index is 11.6. The number of hydrogen-bond acceptors (Lipinski definition) is 5. The van der Waals surface area contributed by atoms with E-state index >= 15 is 0 Å². The van der Waals surface area contributed by atoms with Gasteiger partial charge in [0, 0.05) is 31.5 Å². The van der Waals surface area contributed by atoms with E-state index in [4.69, 9.17) is 0 Å². The standard InChI is InChI=1S/C13H21N3O2S/c1-2-14-11-12-10-13(4-5-15-12)16-6-3-8-19(17,18)9-7-16/h4-5,10,14H,2-3,6-9,11H2,1H3. The van der Waals surface area contributed by atoms with Crippen molar-refractivity contribution in [3.05, 3.63) is 24.0 Å². The van der Waals surface area contributed by atoms with Crippen LogP contribution in [0.2, 0.25) is 0 Å². The third kappa shape index (κ3) is 4.18. The highest BCUT2D eigenvalue weighted by Crippen LogP contribution is 2.17. The average molecular weight is 283 g/mol. The van der Waals surface area contributed by atoms with Crippen LogP contribution >= 0.6 is 0 Å². The Bertz CT molecular complexity index is 516. The van der Waals surface area contributed by atoms with Gasteiger partial charge in [-0.2, -0.15) is 0 Å². The molecule has 1 aromatic heterocycles. The summed E-state index contributed by atoms with van der Waals surface area (Å²) in [5, 5.41) is 3.24. The molecule has 1 aromatic rings. The molecule has 0 unspecified atom stereocenters. The van der Waals surface area contributed by atoms with Crippen molar-refractivity contribution < 1.29 is 8.42 Å². The molecule has 2 heterocycles. The van der Waals surface area contributed by atoms with Crippen molar-refractivity contribution in [3.63, 3.8) is 0 Å². The Morgan fingerprint density at radius 3 is 3.00 bits per heavy atom. The van der Waals surface area contributed by atoms with Gasteiger partial charge in [0.2, 0.25) is 0 Å². The van der Waals surface area contributed by atoms with Gasteiger partial charge in [0.05, 0.1) is 17.2 Å². The monoisotopic (exact) mass is 283 g/mol. The number of pyridine rings is 1.